The zero-order chi connectivity index (χ0) is 15.2. The van der Waals surface area contributed by atoms with E-state index in [4.69, 9.17) is 0 Å². The van der Waals surface area contributed by atoms with Crippen LogP contribution in [0.25, 0.3) is 0 Å². The van der Waals surface area contributed by atoms with Gasteiger partial charge < -0.3 is 10.4 Å². The Kier molecular flexibility index (Phi) is 3.15. The molecule has 112 valence electrons. The summed E-state index contributed by atoms with van der Waals surface area (Å²) in [4.78, 5) is 25.2. The van der Waals surface area contributed by atoms with Crippen molar-refractivity contribution >= 4 is 17.7 Å². The first-order chi connectivity index (χ1) is 9.90. The van der Waals surface area contributed by atoms with Crippen LogP contribution in [0.4, 0.5) is 10.5 Å². The van der Waals surface area contributed by atoms with Gasteiger partial charge in [-0.2, -0.15) is 0 Å². The quantitative estimate of drug-likeness (QED) is 0.897. The molecule has 21 heavy (non-hydrogen) atoms. The SMILES string of the molecule is CC1(C)CC1CNC(=O)N1CC(C(=O)O)c2ccccc21. The van der Waals surface area contributed by atoms with Crippen LogP contribution in [0.3, 0.4) is 0 Å². The summed E-state index contributed by atoms with van der Waals surface area (Å²) >= 11 is 0. The Morgan fingerprint density at radius 3 is 2.67 bits per heavy atom. The molecule has 0 saturated heterocycles. The summed E-state index contributed by atoms with van der Waals surface area (Å²) in [6.45, 7) is 5.24. The van der Waals surface area contributed by atoms with Crippen LogP contribution in [0, 0.1) is 11.3 Å². The second-order valence-corrected chi connectivity index (χ2v) is 6.64. The minimum absolute atomic E-state index is 0.200. The molecular weight excluding hydrogens is 268 g/mol. The zero-order valence-corrected chi connectivity index (χ0v) is 12.3. The van der Waals surface area contributed by atoms with Crippen LogP contribution in [0.2, 0.25) is 0 Å². The number of carboxylic acids is 1. The van der Waals surface area contributed by atoms with Crippen molar-refractivity contribution in [3.05, 3.63) is 29.8 Å². The van der Waals surface area contributed by atoms with Crippen molar-refractivity contribution < 1.29 is 14.7 Å². The molecule has 1 saturated carbocycles. The molecule has 2 amide bonds. The molecule has 0 spiro atoms. The second-order valence-electron chi connectivity index (χ2n) is 6.64. The van der Waals surface area contributed by atoms with Crippen molar-refractivity contribution in [2.45, 2.75) is 26.2 Å². The normalized spacial score (nSPS) is 25.3. The standard InChI is InChI=1S/C16H20N2O3/c1-16(2)7-10(16)8-17-15(21)18-9-12(14(19)20)11-5-3-4-6-13(11)18/h3-6,10,12H,7-9H2,1-2H3,(H,17,21)(H,19,20). The number of carboxylic acid groups (broad SMARTS) is 1. The van der Waals surface area contributed by atoms with Crippen molar-refractivity contribution in [2.24, 2.45) is 11.3 Å². The van der Waals surface area contributed by atoms with Crippen LogP contribution in [0.15, 0.2) is 24.3 Å². The number of aliphatic carboxylic acids is 1. The molecule has 0 aromatic heterocycles. The Hall–Kier alpha value is -2.04. The van der Waals surface area contributed by atoms with E-state index in [1.165, 1.54) is 0 Å². The minimum Gasteiger partial charge on any atom is -0.481 e. The third-order valence-electron chi connectivity index (χ3n) is 4.73. The molecule has 5 nitrogen and oxygen atoms in total. The molecule has 1 aliphatic heterocycles. The molecule has 2 unspecified atom stereocenters. The largest absolute Gasteiger partial charge is 0.481 e. The fourth-order valence-electron chi connectivity index (χ4n) is 3.04. The minimum atomic E-state index is -0.888. The van der Waals surface area contributed by atoms with Crippen LogP contribution in [0.1, 0.15) is 31.7 Å². The van der Waals surface area contributed by atoms with E-state index in [9.17, 15) is 14.7 Å². The Morgan fingerprint density at radius 1 is 1.38 bits per heavy atom. The number of hydrogen-bond acceptors (Lipinski definition) is 2. The maximum Gasteiger partial charge on any atom is 0.321 e. The van der Waals surface area contributed by atoms with Gasteiger partial charge in [0.05, 0.1) is 0 Å². The average molecular weight is 288 g/mol. The van der Waals surface area contributed by atoms with E-state index < -0.39 is 11.9 Å². The van der Waals surface area contributed by atoms with Gasteiger partial charge in [-0.25, -0.2) is 4.79 Å². The van der Waals surface area contributed by atoms with E-state index in [0.29, 0.717) is 29.1 Å². The van der Waals surface area contributed by atoms with E-state index in [0.717, 1.165) is 6.42 Å². The molecule has 2 aliphatic rings. The third kappa shape index (κ3) is 2.48. The lowest BCUT2D eigenvalue weighted by Crippen LogP contribution is -2.41. The lowest BCUT2D eigenvalue weighted by Gasteiger charge is -2.18. The Morgan fingerprint density at radius 2 is 2.05 bits per heavy atom. The van der Waals surface area contributed by atoms with Crippen LogP contribution in [-0.2, 0) is 4.79 Å². The first-order valence-corrected chi connectivity index (χ1v) is 7.27. The fraction of sp³-hybridized carbons (Fsp3) is 0.500. The van der Waals surface area contributed by atoms with Gasteiger partial charge in [0.1, 0.15) is 5.92 Å². The third-order valence-corrected chi connectivity index (χ3v) is 4.73. The number of rotatable bonds is 3. The molecule has 0 radical (unpaired) electrons. The van der Waals surface area contributed by atoms with Gasteiger partial charge in [0, 0.05) is 18.8 Å². The van der Waals surface area contributed by atoms with Crippen LogP contribution >= 0.6 is 0 Å². The van der Waals surface area contributed by atoms with Gasteiger partial charge in [-0.05, 0) is 29.4 Å². The van der Waals surface area contributed by atoms with Gasteiger partial charge in [0.2, 0.25) is 0 Å². The monoisotopic (exact) mass is 288 g/mol. The van der Waals surface area contributed by atoms with Gasteiger partial charge in [-0.3, -0.25) is 9.69 Å². The molecular formula is C16H20N2O3. The topological polar surface area (TPSA) is 69.6 Å². The number of para-hydroxylation sites is 1. The van der Waals surface area contributed by atoms with Gasteiger partial charge in [-0.15, -0.1) is 0 Å². The van der Waals surface area contributed by atoms with E-state index >= 15 is 0 Å². The van der Waals surface area contributed by atoms with Crippen molar-refractivity contribution in [3.63, 3.8) is 0 Å². The number of carbonyl (C=O) groups is 2. The summed E-state index contributed by atoms with van der Waals surface area (Å²) in [6.07, 6.45) is 1.13. The van der Waals surface area contributed by atoms with Gasteiger partial charge >= 0.3 is 12.0 Å². The molecule has 1 fully saturated rings. The highest BCUT2D eigenvalue weighted by atomic mass is 16.4. The summed E-state index contributed by atoms with van der Waals surface area (Å²) in [5, 5.41) is 12.2. The Labute approximate surface area is 123 Å². The lowest BCUT2D eigenvalue weighted by atomic mass is 10.0. The number of carbonyl (C=O) groups excluding carboxylic acids is 1. The van der Waals surface area contributed by atoms with Crippen LogP contribution in [-0.4, -0.2) is 30.2 Å². The number of nitrogens with zero attached hydrogens (tertiary/aromatic N) is 1. The van der Waals surface area contributed by atoms with Crippen LogP contribution < -0.4 is 10.2 Å². The second kappa shape index (κ2) is 4.76. The summed E-state index contributed by atoms with van der Waals surface area (Å²) in [5.41, 5.74) is 1.74. The first-order valence-electron chi connectivity index (χ1n) is 7.27. The summed E-state index contributed by atoms with van der Waals surface area (Å²) in [6, 6.07) is 7.02. The summed E-state index contributed by atoms with van der Waals surface area (Å²) < 4.78 is 0. The van der Waals surface area contributed by atoms with Crippen molar-refractivity contribution in [1.29, 1.82) is 0 Å². The predicted molar refractivity (Wildman–Crippen MR) is 79.5 cm³/mol. The van der Waals surface area contributed by atoms with E-state index in [2.05, 4.69) is 19.2 Å². The summed E-state index contributed by atoms with van der Waals surface area (Å²) in [7, 11) is 0. The molecule has 1 heterocycles. The number of amides is 2. The van der Waals surface area contributed by atoms with Gasteiger partial charge in [0.25, 0.3) is 0 Å². The highest BCUT2D eigenvalue weighted by Crippen LogP contribution is 2.51. The van der Waals surface area contributed by atoms with Crippen molar-refractivity contribution in [3.8, 4) is 0 Å². The van der Waals surface area contributed by atoms with E-state index in [-0.39, 0.29) is 12.6 Å². The predicted octanol–water partition coefficient (Wildman–Crippen LogP) is 2.43. The summed E-state index contributed by atoms with van der Waals surface area (Å²) in [5.74, 6) is -1.00. The van der Waals surface area contributed by atoms with Gasteiger partial charge in [0.15, 0.2) is 0 Å². The smallest absolute Gasteiger partial charge is 0.321 e. The molecule has 1 aromatic carbocycles. The maximum atomic E-state index is 12.3. The highest BCUT2D eigenvalue weighted by Gasteiger charge is 2.45. The van der Waals surface area contributed by atoms with E-state index in [1.807, 2.05) is 12.1 Å². The molecule has 5 heteroatoms. The first kappa shape index (κ1) is 13.9. The number of urea groups is 1. The number of nitrogens with one attached hydrogen (secondary N) is 1. The van der Waals surface area contributed by atoms with Crippen molar-refractivity contribution in [2.75, 3.05) is 18.0 Å². The molecule has 2 N–H and O–H groups in total. The molecule has 1 aromatic rings. The molecule has 1 aliphatic carbocycles. The molecule has 3 rings (SSSR count). The number of hydrogen-bond donors (Lipinski definition) is 2. The van der Waals surface area contributed by atoms with Crippen LogP contribution in [0.5, 0.6) is 0 Å². The molecule has 0 bridgehead atoms. The Balaban J connectivity index is 1.71. The average Bonchev–Trinajstić information content (AvgIpc) is 2.88. The maximum absolute atomic E-state index is 12.3. The highest BCUT2D eigenvalue weighted by molar-refractivity contribution is 5.98. The number of benzene rings is 1. The lowest BCUT2D eigenvalue weighted by molar-refractivity contribution is -0.138. The molecule has 2 atom stereocenters. The number of anilines is 1. The fourth-order valence-corrected chi connectivity index (χ4v) is 3.04. The van der Waals surface area contributed by atoms with Gasteiger partial charge in [-0.1, -0.05) is 32.0 Å². The zero-order valence-electron chi connectivity index (χ0n) is 12.3. The number of fused-ring (bicyclic) bond motifs is 1. The Bertz CT molecular complexity index is 597. The van der Waals surface area contributed by atoms with Crippen molar-refractivity contribution in [1.82, 2.24) is 5.32 Å². The van der Waals surface area contributed by atoms with E-state index in [1.54, 1.807) is 17.0 Å².